The van der Waals surface area contributed by atoms with Crippen LogP contribution < -0.4 is 12.1 Å². The topological polar surface area (TPSA) is 3.24 Å². The predicted octanol–water partition coefficient (Wildman–Crippen LogP) is 2.59. The van der Waals surface area contributed by atoms with Crippen LogP contribution in [0, 0.1) is 0 Å². The third-order valence-electron chi connectivity index (χ3n) is 3.88. The zero-order valence-electron chi connectivity index (χ0n) is 10.6. The van der Waals surface area contributed by atoms with Gasteiger partial charge in [-0.05, 0) is 0 Å². The Bertz CT molecular complexity index is 525. The molecule has 1 aliphatic heterocycles. The second-order valence-corrected chi connectivity index (χ2v) is 17.6. The van der Waals surface area contributed by atoms with Gasteiger partial charge >= 0.3 is 107 Å². The third kappa shape index (κ3) is 1.52. The van der Waals surface area contributed by atoms with E-state index >= 15 is 0 Å². The molecule has 1 heterocycles. The zero-order chi connectivity index (χ0) is 12.0. The van der Waals surface area contributed by atoms with E-state index in [-0.39, 0.29) is 0 Å². The van der Waals surface area contributed by atoms with Crippen molar-refractivity contribution in [2.75, 3.05) is 11.9 Å². The van der Waals surface area contributed by atoms with E-state index in [1.54, 1.807) is 7.16 Å². The molecule has 17 heavy (non-hydrogen) atoms. The molecule has 3 rings (SSSR count). The molecule has 0 bridgehead atoms. The Kier molecular flexibility index (Phi) is 2.47. The average Bonchev–Trinajstić information content (AvgIpc) is 2.37. The summed E-state index contributed by atoms with van der Waals surface area (Å²) >= 11 is -2.33. The Morgan fingerprint density at radius 3 is 1.65 bits per heavy atom. The number of hydrogen-bond acceptors (Lipinski definition) is 1. The van der Waals surface area contributed by atoms with Crippen molar-refractivity contribution in [3.63, 3.8) is 0 Å². The van der Waals surface area contributed by atoms with Crippen molar-refractivity contribution in [1.29, 1.82) is 0 Å². The molecule has 0 unspecified atom stereocenters. The minimum absolute atomic E-state index is 1.41. The molecule has 2 aromatic carbocycles. The average molecular weight is 330 g/mol. The van der Waals surface area contributed by atoms with Gasteiger partial charge < -0.3 is 0 Å². The fourth-order valence-electron chi connectivity index (χ4n) is 2.86. The number of hydrogen-bond donors (Lipinski definition) is 0. The van der Waals surface area contributed by atoms with E-state index in [0.717, 1.165) is 0 Å². The van der Waals surface area contributed by atoms with Crippen molar-refractivity contribution in [2.24, 2.45) is 0 Å². The van der Waals surface area contributed by atoms with Crippen LogP contribution in [0.25, 0.3) is 0 Å². The van der Waals surface area contributed by atoms with Gasteiger partial charge in [0.2, 0.25) is 0 Å². The van der Waals surface area contributed by atoms with Crippen LogP contribution in [0.5, 0.6) is 0 Å². The fraction of sp³-hybridized carbons (Fsp3) is 0.200. The van der Waals surface area contributed by atoms with E-state index in [1.807, 2.05) is 0 Å². The van der Waals surface area contributed by atoms with Crippen molar-refractivity contribution in [2.45, 2.75) is 9.88 Å². The molecule has 0 spiro atoms. The third-order valence-corrected chi connectivity index (χ3v) is 14.0. The first kappa shape index (κ1) is 11.1. The molecule has 86 valence electrons. The van der Waals surface area contributed by atoms with Crippen LogP contribution in [0.2, 0.25) is 9.88 Å². The van der Waals surface area contributed by atoms with Gasteiger partial charge in [0, 0.05) is 0 Å². The Balaban J connectivity index is 2.34. The first-order valence-electron chi connectivity index (χ1n) is 6.05. The van der Waals surface area contributed by atoms with Gasteiger partial charge in [-0.1, -0.05) is 0 Å². The molecule has 0 N–H and O–H groups in total. The fourth-order valence-corrected chi connectivity index (χ4v) is 11.7. The molecule has 0 aromatic heterocycles. The van der Waals surface area contributed by atoms with E-state index in [1.165, 1.54) is 11.4 Å². The Hall–Kier alpha value is -0.961. The summed E-state index contributed by atoms with van der Waals surface area (Å²) in [5.74, 6) is 0. The Morgan fingerprint density at radius 1 is 0.765 bits per heavy atom. The van der Waals surface area contributed by atoms with E-state index in [4.69, 9.17) is 0 Å². The number of fused-ring (bicyclic) bond motifs is 2. The molecular formula is C15H17NSn. The summed E-state index contributed by atoms with van der Waals surface area (Å²) < 4.78 is 3.23. The number of nitrogens with zero attached hydrogens (tertiary/aromatic N) is 1. The van der Waals surface area contributed by atoms with Crippen LogP contribution >= 0.6 is 0 Å². The van der Waals surface area contributed by atoms with Crippen LogP contribution in [0.15, 0.2) is 48.5 Å². The van der Waals surface area contributed by atoms with Crippen molar-refractivity contribution < 1.29 is 0 Å². The Morgan fingerprint density at radius 2 is 1.18 bits per heavy atom. The van der Waals surface area contributed by atoms with Crippen LogP contribution in [0.3, 0.4) is 0 Å². The molecule has 2 heteroatoms. The van der Waals surface area contributed by atoms with E-state index in [2.05, 4.69) is 70.4 Å². The summed E-state index contributed by atoms with van der Waals surface area (Å²) in [6, 6.07) is 17.8. The first-order valence-corrected chi connectivity index (χ1v) is 14.6. The summed E-state index contributed by atoms with van der Waals surface area (Å²) in [6.07, 6.45) is 0. The molecule has 1 aliphatic rings. The van der Waals surface area contributed by atoms with Crippen LogP contribution in [-0.4, -0.2) is 25.4 Å². The van der Waals surface area contributed by atoms with Crippen molar-refractivity contribution in [1.82, 2.24) is 0 Å². The molecule has 0 amide bonds. The quantitative estimate of drug-likeness (QED) is 0.671. The number of para-hydroxylation sites is 2. The molecule has 0 saturated heterocycles. The van der Waals surface area contributed by atoms with Crippen LogP contribution in [0.4, 0.5) is 11.4 Å². The zero-order valence-corrected chi connectivity index (χ0v) is 13.4. The normalized spacial score (nSPS) is 16.3. The molecule has 0 aliphatic carbocycles. The van der Waals surface area contributed by atoms with Crippen molar-refractivity contribution in [3.05, 3.63) is 48.5 Å². The summed E-state index contributed by atoms with van der Waals surface area (Å²) in [5, 5.41) is 0. The molecule has 2 aromatic rings. The number of rotatable bonds is 0. The van der Waals surface area contributed by atoms with Gasteiger partial charge in [0.25, 0.3) is 0 Å². The summed E-state index contributed by atoms with van der Waals surface area (Å²) in [4.78, 5) is 7.37. The van der Waals surface area contributed by atoms with E-state index in [0.29, 0.717) is 0 Å². The van der Waals surface area contributed by atoms with Gasteiger partial charge in [0.1, 0.15) is 0 Å². The predicted molar refractivity (Wildman–Crippen MR) is 77.7 cm³/mol. The van der Waals surface area contributed by atoms with Crippen LogP contribution in [-0.2, 0) is 0 Å². The van der Waals surface area contributed by atoms with Gasteiger partial charge in [-0.3, -0.25) is 0 Å². The molecule has 0 saturated carbocycles. The number of anilines is 2. The van der Waals surface area contributed by atoms with Crippen molar-refractivity contribution in [3.8, 4) is 0 Å². The molecule has 0 atom stereocenters. The van der Waals surface area contributed by atoms with E-state index < -0.39 is 18.4 Å². The molecule has 0 fully saturated rings. The molecular weight excluding hydrogens is 313 g/mol. The van der Waals surface area contributed by atoms with Gasteiger partial charge in [0.15, 0.2) is 0 Å². The Labute approximate surface area is 107 Å². The first-order chi connectivity index (χ1) is 8.12. The maximum absolute atomic E-state index is 2.51. The second-order valence-electron chi connectivity index (χ2n) is 5.22. The van der Waals surface area contributed by atoms with Crippen LogP contribution in [0.1, 0.15) is 0 Å². The van der Waals surface area contributed by atoms with Gasteiger partial charge in [-0.15, -0.1) is 0 Å². The van der Waals surface area contributed by atoms with Gasteiger partial charge in [-0.2, -0.15) is 0 Å². The summed E-state index contributed by atoms with van der Waals surface area (Å²) in [7, 11) is 2.18. The second kappa shape index (κ2) is 3.77. The maximum atomic E-state index is 2.51. The van der Waals surface area contributed by atoms with Crippen molar-refractivity contribution >= 4 is 36.9 Å². The minimum atomic E-state index is -2.33. The summed E-state index contributed by atoms with van der Waals surface area (Å²) in [5.41, 5.74) is 2.82. The van der Waals surface area contributed by atoms with Gasteiger partial charge in [0.05, 0.1) is 0 Å². The van der Waals surface area contributed by atoms with E-state index in [9.17, 15) is 0 Å². The SMILES string of the molecule is CN1c2cccc[c]2[Sn]([CH3])([CH3])[c]2ccccc21. The standard InChI is InChI=1S/C13H11N.2CH3.Sn/c1-14(12-8-4-2-5-9-12)13-10-6-3-7-11-13;;;/h2-8,10H,1H3;2*1H3;. The molecule has 0 radical (unpaired) electrons. The summed E-state index contributed by atoms with van der Waals surface area (Å²) in [6.45, 7) is 0. The van der Waals surface area contributed by atoms with Gasteiger partial charge in [-0.25, -0.2) is 0 Å². The number of benzene rings is 2. The monoisotopic (exact) mass is 331 g/mol. The molecule has 1 nitrogen and oxygen atoms in total.